The molecule has 2 amide bonds. The second-order valence-corrected chi connectivity index (χ2v) is 6.74. The van der Waals surface area contributed by atoms with Gasteiger partial charge in [0.25, 0.3) is 11.8 Å². The maximum Gasteiger partial charge on any atom is 0.273 e. The summed E-state index contributed by atoms with van der Waals surface area (Å²) in [4.78, 5) is 24.4. The topological polar surface area (TPSA) is 71.3 Å². The van der Waals surface area contributed by atoms with Gasteiger partial charge in [0.05, 0.1) is 9.35 Å². The average Bonchev–Trinajstić information content (AvgIpc) is 2.99. The molecule has 7 heteroatoms. The van der Waals surface area contributed by atoms with Crippen molar-refractivity contribution < 1.29 is 14.0 Å². The van der Waals surface area contributed by atoms with E-state index in [1.807, 2.05) is 12.1 Å². The summed E-state index contributed by atoms with van der Waals surface area (Å²) in [5.74, 6) is 0.334. The van der Waals surface area contributed by atoms with E-state index in [2.05, 4.69) is 26.8 Å². The Hall–Kier alpha value is -1.86. The zero-order valence-electron chi connectivity index (χ0n) is 11.4. The SMILES string of the molecule is Cc1cc(C(=O)NNC(=O)/C=C/c2ccc(Br)s2)c(C)o1. The number of hydrogen-bond donors (Lipinski definition) is 2. The molecule has 0 radical (unpaired) electrons. The van der Waals surface area contributed by atoms with Crippen molar-refractivity contribution >= 4 is 45.2 Å². The van der Waals surface area contributed by atoms with E-state index >= 15 is 0 Å². The van der Waals surface area contributed by atoms with Gasteiger partial charge in [-0.15, -0.1) is 11.3 Å². The summed E-state index contributed by atoms with van der Waals surface area (Å²) in [6, 6.07) is 5.40. The molecule has 0 atom stereocenters. The Bertz CT molecular complexity index is 703. The third-order valence-corrected chi connectivity index (χ3v) is 4.17. The number of thiophene rings is 1. The summed E-state index contributed by atoms with van der Waals surface area (Å²) in [5, 5.41) is 0. The summed E-state index contributed by atoms with van der Waals surface area (Å²) in [6.45, 7) is 3.45. The van der Waals surface area contributed by atoms with Crippen LogP contribution in [0.5, 0.6) is 0 Å². The third-order valence-electron chi connectivity index (χ3n) is 2.58. The second-order valence-electron chi connectivity index (χ2n) is 4.25. The van der Waals surface area contributed by atoms with Crippen LogP contribution in [0, 0.1) is 13.8 Å². The Kier molecular flexibility index (Phi) is 4.98. The fourth-order valence-corrected chi connectivity index (χ4v) is 2.99. The summed E-state index contributed by atoms with van der Waals surface area (Å²) in [6.07, 6.45) is 3.02. The molecule has 21 heavy (non-hydrogen) atoms. The highest BCUT2D eigenvalue weighted by atomic mass is 79.9. The van der Waals surface area contributed by atoms with Gasteiger partial charge < -0.3 is 4.42 Å². The highest BCUT2D eigenvalue weighted by Gasteiger charge is 2.13. The monoisotopic (exact) mass is 368 g/mol. The number of hydrazine groups is 1. The van der Waals surface area contributed by atoms with Gasteiger partial charge in [0.2, 0.25) is 0 Å². The van der Waals surface area contributed by atoms with Crippen molar-refractivity contribution in [2.45, 2.75) is 13.8 Å². The lowest BCUT2D eigenvalue weighted by Crippen LogP contribution is -2.40. The number of halogens is 1. The lowest BCUT2D eigenvalue weighted by atomic mass is 10.2. The van der Waals surface area contributed by atoms with Gasteiger partial charge in [-0.25, -0.2) is 0 Å². The molecule has 5 nitrogen and oxygen atoms in total. The highest BCUT2D eigenvalue weighted by Crippen LogP contribution is 2.22. The van der Waals surface area contributed by atoms with Crippen molar-refractivity contribution in [1.82, 2.24) is 10.9 Å². The molecule has 0 saturated carbocycles. The minimum atomic E-state index is -0.412. The zero-order chi connectivity index (χ0) is 15.4. The Balaban J connectivity index is 1.88. The second kappa shape index (κ2) is 6.73. The number of amides is 2. The largest absolute Gasteiger partial charge is 0.466 e. The van der Waals surface area contributed by atoms with E-state index < -0.39 is 11.8 Å². The molecule has 0 saturated heterocycles. The number of furan rings is 1. The van der Waals surface area contributed by atoms with E-state index in [1.54, 1.807) is 26.0 Å². The van der Waals surface area contributed by atoms with Gasteiger partial charge in [-0.2, -0.15) is 0 Å². The molecule has 2 rings (SSSR count). The fraction of sp³-hybridized carbons (Fsp3) is 0.143. The van der Waals surface area contributed by atoms with Gasteiger partial charge in [-0.05, 0) is 54.1 Å². The molecule has 0 aliphatic rings. The number of aryl methyl sites for hydroxylation is 2. The van der Waals surface area contributed by atoms with E-state index in [0.29, 0.717) is 17.1 Å². The quantitative estimate of drug-likeness (QED) is 0.645. The van der Waals surface area contributed by atoms with Gasteiger partial charge in [0, 0.05) is 11.0 Å². The van der Waals surface area contributed by atoms with Gasteiger partial charge in [0.15, 0.2) is 0 Å². The van der Waals surface area contributed by atoms with Crippen LogP contribution in [0.15, 0.2) is 32.5 Å². The van der Waals surface area contributed by atoms with Crippen LogP contribution >= 0.6 is 27.3 Å². The van der Waals surface area contributed by atoms with Crippen LogP contribution in [0.2, 0.25) is 0 Å². The minimum Gasteiger partial charge on any atom is -0.466 e. The van der Waals surface area contributed by atoms with Crippen molar-refractivity contribution in [2.75, 3.05) is 0 Å². The van der Waals surface area contributed by atoms with Crippen molar-refractivity contribution in [3.8, 4) is 0 Å². The predicted molar refractivity (Wildman–Crippen MR) is 84.8 cm³/mol. The van der Waals surface area contributed by atoms with Gasteiger partial charge in [-0.1, -0.05) is 0 Å². The number of rotatable bonds is 3. The Morgan fingerprint density at radius 1 is 1.29 bits per heavy atom. The Labute approximate surface area is 134 Å². The van der Waals surface area contributed by atoms with Crippen molar-refractivity contribution in [3.05, 3.63) is 50.0 Å². The summed E-state index contributed by atoms with van der Waals surface area (Å²) in [5.41, 5.74) is 5.06. The summed E-state index contributed by atoms with van der Waals surface area (Å²) in [7, 11) is 0. The van der Waals surface area contributed by atoms with E-state index in [9.17, 15) is 9.59 Å². The first kappa shape index (κ1) is 15.5. The molecule has 0 bridgehead atoms. The Morgan fingerprint density at radius 2 is 2.05 bits per heavy atom. The number of carbonyl (C=O) groups excluding carboxylic acids is 2. The maximum absolute atomic E-state index is 11.8. The first-order valence-corrected chi connectivity index (χ1v) is 7.67. The van der Waals surface area contributed by atoms with Gasteiger partial charge in [-0.3, -0.25) is 20.4 Å². The first-order chi connectivity index (χ1) is 9.95. The minimum absolute atomic E-state index is 0.402. The van der Waals surface area contributed by atoms with E-state index in [-0.39, 0.29) is 0 Å². The van der Waals surface area contributed by atoms with Crippen LogP contribution in [0.3, 0.4) is 0 Å². The van der Waals surface area contributed by atoms with E-state index in [1.165, 1.54) is 17.4 Å². The molecule has 0 fully saturated rings. The van der Waals surface area contributed by atoms with Crippen molar-refractivity contribution in [2.24, 2.45) is 0 Å². The molecule has 2 heterocycles. The van der Waals surface area contributed by atoms with Crippen LogP contribution in [-0.4, -0.2) is 11.8 Å². The van der Waals surface area contributed by atoms with Crippen molar-refractivity contribution in [3.63, 3.8) is 0 Å². The first-order valence-electron chi connectivity index (χ1n) is 6.06. The molecule has 0 spiro atoms. The molecule has 2 aromatic heterocycles. The molecular formula is C14H13BrN2O3S. The van der Waals surface area contributed by atoms with Crippen LogP contribution < -0.4 is 10.9 Å². The summed E-state index contributed by atoms with van der Waals surface area (Å²) >= 11 is 4.85. The molecule has 2 N–H and O–H groups in total. The lowest BCUT2D eigenvalue weighted by molar-refractivity contribution is -0.117. The van der Waals surface area contributed by atoms with Crippen LogP contribution in [0.4, 0.5) is 0 Å². The number of nitrogens with one attached hydrogen (secondary N) is 2. The van der Waals surface area contributed by atoms with Crippen molar-refractivity contribution in [1.29, 1.82) is 0 Å². The molecule has 110 valence electrons. The lowest BCUT2D eigenvalue weighted by Gasteiger charge is -2.03. The van der Waals surface area contributed by atoms with E-state index in [0.717, 1.165) is 8.66 Å². The molecule has 0 aliphatic carbocycles. The van der Waals surface area contributed by atoms with E-state index in [4.69, 9.17) is 4.42 Å². The van der Waals surface area contributed by atoms with Crippen LogP contribution in [0.1, 0.15) is 26.8 Å². The zero-order valence-corrected chi connectivity index (χ0v) is 13.8. The average molecular weight is 369 g/mol. The fourth-order valence-electron chi connectivity index (χ4n) is 1.66. The molecule has 0 unspecified atom stereocenters. The van der Waals surface area contributed by atoms with Crippen LogP contribution in [0.25, 0.3) is 6.08 Å². The normalized spacial score (nSPS) is 10.8. The highest BCUT2D eigenvalue weighted by molar-refractivity contribution is 9.11. The smallest absolute Gasteiger partial charge is 0.273 e. The molecule has 0 aromatic carbocycles. The summed E-state index contributed by atoms with van der Waals surface area (Å²) < 4.78 is 6.25. The Morgan fingerprint density at radius 3 is 2.62 bits per heavy atom. The predicted octanol–water partition coefficient (Wildman–Crippen LogP) is 3.19. The number of carbonyl (C=O) groups is 2. The molecule has 0 aliphatic heterocycles. The van der Waals surface area contributed by atoms with Gasteiger partial charge in [0.1, 0.15) is 11.5 Å². The standard InChI is InChI=1S/C14H13BrN2O3S/c1-8-7-11(9(2)20-8)14(19)17-16-13(18)6-4-10-3-5-12(15)21-10/h3-7H,1-2H3,(H,16,18)(H,17,19)/b6-4+. The molecular weight excluding hydrogens is 356 g/mol. The number of hydrogen-bond acceptors (Lipinski definition) is 4. The maximum atomic E-state index is 11.8. The van der Waals surface area contributed by atoms with Crippen LogP contribution in [-0.2, 0) is 4.79 Å². The third kappa shape index (κ3) is 4.30. The van der Waals surface area contributed by atoms with Gasteiger partial charge >= 0.3 is 0 Å². The molecule has 2 aromatic rings.